The number of aromatic amines is 1. The van der Waals surface area contributed by atoms with Crippen LogP contribution in [0.4, 0.5) is 5.69 Å². The first kappa shape index (κ1) is 25.1. The molecule has 0 bridgehead atoms. The third-order valence-electron chi connectivity index (χ3n) is 6.33. The number of hydrogen-bond acceptors (Lipinski definition) is 8. The van der Waals surface area contributed by atoms with Crippen LogP contribution >= 0.6 is 35.8 Å². The minimum atomic E-state index is -1.27. The highest BCUT2D eigenvalue weighted by Gasteiger charge is 2.47. The van der Waals surface area contributed by atoms with Gasteiger partial charge < -0.3 is 23.9 Å². The van der Waals surface area contributed by atoms with Crippen LogP contribution in [0, 0.1) is 13.8 Å². The number of H-pyrrole nitrogens is 1. The standard InChI is InChI=1S/C23H26BrN4O5PS/c1-12-18(22(30)28-13(2)19(27-23(28)25-12)14-7-4-3-5-8-14)26-17(24)10-6-9-15-20(29)21-16(32-15)11-31-34(35)33-21/h3-5,7-8,15-16,20-21,29,35H,6,9-11H2,1-2H3,(H,25,27)/b26-17+/t15-,16?,20?,21+,34?/m0/s1. The van der Waals surface area contributed by atoms with Crippen LogP contribution in [0.25, 0.3) is 17.0 Å². The van der Waals surface area contributed by atoms with Crippen molar-refractivity contribution in [3.8, 4) is 11.3 Å². The Bertz CT molecular complexity index is 1320. The average Bonchev–Trinajstić information content (AvgIpc) is 3.33. The van der Waals surface area contributed by atoms with Crippen LogP contribution in [0.2, 0.25) is 0 Å². The molecule has 2 aliphatic rings. The highest BCUT2D eigenvalue weighted by Crippen LogP contribution is 2.51. The molecule has 0 radical (unpaired) electrons. The Balaban J connectivity index is 1.30. The van der Waals surface area contributed by atoms with E-state index in [1.807, 2.05) is 37.3 Å². The molecule has 1 aromatic carbocycles. The molecule has 2 N–H and O–H groups in total. The van der Waals surface area contributed by atoms with Crippen molar-refractivity contribution >= 4 is 51.8 Å². The van der Waals surface area contributed by atoms with Crippen molar-refractivity contribution < 1.29 is 18.9 Å². The van der Waals surface area contributed by atoms with Crippen molar-refractivity contribution in [1.82, 2.24) is 14.4 Å². The summed E-state index contributed by atoms with van der Waals surface area (Å²) in [5.74, 6) is 0.490. The molecule has 3 aromatic rings. The number of thiol groups is 1. The number of rotatable bonds is 6. The zero-order valence-corrected chi connectivity index (χ0v) is 22.6. The summed E-state index contributed by atoms with van der Waals surface area (Å²) in [6, 6.07) is 9.84. The van der Waals surface area contributed by atoms with Crippen LogP contribution in [-0.4, -0.2) is 55.1 Å². The van der Waals surface area contributed by atoms with Gasteiger partial charge in [-0.3, -0.25) is 4.79 Å². The van der Waals surface area contributed by atoms with E-state index < -0.39 is 19.8 Å². The molecule has 9 nitrogen and oxygen atoms in total. The number of benzene rings is 1. The second kappa shape index (κ2) is 10.4. The lowest BCUT2D eigenvalue weighted by Gasteiger charge is -2.28. The monoisotopic (exact) mass is 580 g/mol. The van der Waals surface area contributed by atoms with E-state index in [0.29, 0.717) is 47.6 Å². The van der Waals surface area contributed by atoms with Gasteiger partial charge in [0.2, 0.25) is 13.4 Å². The van der Waals surface area contributed by atoms with Gasteiger partial charge in [0, 0.05) is 0 Å². The van der Waals surface area contributed by atoms with E-state index in [9.17, 15) is 9.90 Å². The Morgan fingerprint density at radius 2 is 2.14 bits per heavy atom. The van der Waals surface area contributed by atoms with Crippen molar-refractivity contribution in [2.24, 2.45) is 4.99 Å². The van der Waals surface area contributed by atoms with Gasteiger partial charge in [0.15, 0.2) is 5.69 Å². The van der Waals surface area contributed by atoms with E-state index in [1.165, 1.54) is 0 Å². The number of aromatic nitrogens is 3. The molecule has 0 spiro atoms. The second-order valence-electron chi connectivity index (χ2n) is 8.65. The van der Waals surface area contributed by atoms with Crippen molar-refractivity contribution in [1.29, 1.82) is 0 Å². The van der Waals surface area contributed by atoms with Crippen molar-refractivity contribution in [3.63, 3.8) is 0 Å². The number of nitrogens with zero attached hydrogens (tertiary/aromatic N) is 3. The van der Waals surface area contributed by atoms with Crippen LogP contribution in [-0.2, 0) is 13.8 Å². The summed E-state index contributed by atoms with van der Waals surface area (Å²) in [5.41, 5.74) is 3.24. The maximum Gasteiger partial charge on any atom is 0.285 e. The van der Waals surface area contributed by atoms with Gasteiger partial charge in [-0.15, -0.1) is 0 Å². The summed E-state index contributed by atoms with van der Waals surface area (Å²) in [5, 5.41) is 10.6. The Hall–Kier alpha value is -1.59. The molecule has 5 rings (SSSR count). The van der Waals surface area contributed by atoms with Gasteiger partial charge in [0.1, 0.15) is 18.3 Å². The zero-order chi connectivity index (χ0) is 24.7. The number of hydrogen-bond donors (Lipinski definition) is 3. The third-order valence-corrected chi connectivity index (χ3v) is 8.33. The minimum absolute atomic E-state index is 0.223. The summed E-state index contributed by atoms with van der Waals surface area (Å²) in [6.07, 6.45) is 0.183. The number of aliphatic hydroxyl groups excluding tert-OH is 1. The molecule has 0 aliphatic carbocycles. The molecule has 5 atom stereocenters. The van der Waals surface area contributed by atoms with E-state index in [2.05, 4.69) is 43.1 Å². The molecule has 3 unspecified atom stereocenters. The van der Waals surface area contributed by atoms with Gasteiger partial charge in [-0.1, -0.05) is 42.6 Å². The van der Waals surface area contributed by atoms with E-state index in [4.69, 9.17) is 13.8 Å². The lowest BCUT2D eigenvalue weighted by atomic mass is 10.0. The van der Waals surface area contributed by atoms with Gasteiger partial charge >= 0.3 is 0 Å². The third kappa shape index (κ3) is 5.00. The van der Waals surface area contributed by atoms with Crippen molar-refractivity contribution in [3.05, 3.63) is 52.1 Å². The fourth-order valence-electron chi connectivity index (χ4n) is 4.56. The van der Waals surface area contributed by atoms with Gasteiger partial charge in [0.05, 0.1) is 34.4 Å². The number of fused-ring (bicyclic) bond motifs is 2. The lowest BCUT2D eigenvalue weighted by molar-refractivity contribution is -0.0302. The molecular weight excluding hydrogens is 555 g/mol. The maximum atomic E-state index is 13.3. The maximum absolute atomic E-state index is 13.3. The fourth-order valence-corrected chi connectivity index (χ4v) is 6.35. The van der Waals surface area contributed by atoms with E-state index >= 15 is 0 Å². The number of aliphatic imine (C=N–C) groups is 1. The summed E-state index contributed by atoms with van der Waals surface area (Å²) in [6.45, 7) is 4.05. The van der Waals surface area contributed by atoms with E-state index in [-0.39, 0.29) is 17.8 Å². The van der Waals surface area contributed by atoms with Crippen LogP contribution < -0.4 is 5.56 Å². The highest BCUT2D eigenvalue weighted by molar-refractivity contribution is 9.18. The average molecular weight is 581 g/mol. The summed E-state index contributed by atoms with van der Waals surface area (Å²) < 4.78 is 19.1. The van der Waals surface area contributed by atoms with E-state index in [1.54, 1.807) is 11.3 Å². The number of ether oxygens (including phenoxy) is 1. The first-order valence-electron chi connectivity index (χ1n) is 11.4. The smallest absolute Gasteiger partial charge is 0.285 e. The highest BCUT2D eigenvalue weighted by atomic mass is 79.9. The molecule has 2 saturated heterocycles. The topological polar surface area (TPSA) is 110 Å². The summed E-state index contributed by atoms with van der Waals surface area (Å²) in [7, 11) is -1.27. The number of aliphatic hydroxyl groups is 1. The van der Waals surface area contributed by atoms with Crippen LogP contribution in [0.5, 0.6) is 0 Å². The van der Waals surface area contributed by atoms with Crippen LogP contribution in [0.1, 0.15) is 30.7 Å². The molecule has 2 fully saturated rings. The SMILES string of the molecule is Cc1nc2[nH]c(-c3ccccc3)c(C)n2c(=O)c1/N=C(/Br)CCC[C@@H]1OC2COP(S)O[C@H]2C1O. The summed E-state index contributed by atoms with van der Waals surface area (Å²) in [4.78, 5) is 25.8. The van der Waals surface area contributed by atoms with Gasteiger partial charge in [-0.25, -0.2) is 14.4 Å². The molecule has 2 aliphatic heterocycles. The van der Waals surface area contributed by atoms with Gasteiger partial charge in [0.25, 0.3) is 5.56 Å². The molecule has 35 heavy (non-hydrogen) atoms. The fraction of sp³-hybridized carbons (Fsp3) is 0.435. The van der Waals surface area contributed by atoms with Crippen LogP contribution in [0.3, 0.4) is 0 Å². The zero-order valence-electron chi connectivity index (χ0n) is 19.2. The summed E-state index contributed by atoms with van der Waals surface area (Å²) >= 11 is 7.73. The predicted molar refractivity (Wildman–Crippen MR) is 142 cm³/mol. The molecule has 12 heteroatoms. The number of nitrogens with one attached hydrogen (secondary N) is 1. The van der Waals surface area contributed by atoms with Crippen LogP contribution in [0.15, 0.2) is 40.1 Å². The predicted octanol–water partition coefficient (Wildman–Crippen LogP) is 4.60. The second-order valence-corrected chi connectivity index (χ2v) is 11.5. The Labute approximate surface area is 217 Å². The normalized spacial score (nSPS) is 26.9. The first-order valence-corrected chi connectivity index (χ1v) is 14.5. The number of aryl methyl sites for hydroxylation is 2. The Kier molecular flexibility index (Phi) is 7.46. The quantitative estimate of drug-likeness (QED) is 0.223. The minimum Gasteiger partial charge on any atom is -0.388 e. The van der Waals surface area contributed by atoms with Crippen molar-refractivity contribution in [2.45, 2.75) is 57.5 Å². The van der Waals surface area contributed by atoms with E-state index in [0.717, 1.165) is 17.0 Å². The Morgan fingerprint density at radius 3 is 2.91 bits per heavy atom. The largest absolute Gasteiger partial charge is 0.388 e. The molecule has 0 amide bonds. The molecule has 186 valence electrons. The Morgan fingerprint density at radius 1 is 1.37 bits per heavy atom. The number of halogens is 1. The number of imidazole rings is 1. The molecule has 0 saturated carbocycles. The molecule has 2 aromatic heterocycles. The van der Waals surface area contributed by atoms with Gasteiger partial charge in [-0.2, -0.15) is 0 Å². The lowest BCUT2D eigenvalue weighted by Crippen LogP contribution is -2.38. The van der Waals surface area contributed by atoms with Crippen molar-refractivity contribution in [2.75, 3.05) is 6.61 Å². The van der Waals surface area contributed by atoms with Gasteiger partial charge in [-0.05, 0) is 54.6 Å². The first-order chi connectivity index (χ1) is 16.8. The molecular formula is C23H26BrN4O5PS. The molecule has 4 heterocycles.